The second kappa shape index (κ2) is 10.1. The Morgan fingerprint density at radius 3 is 2.82 bits per heavy atom. The number of halogens is 1. The van der Waals surface area contributed by atoms with E-state index in [1.807, 2.05) is 6.07 Å². The molecule has 2 heterocycles. The third-order valence-corrected chi connectivity index (χ3v) is 11.1. The highest BCUT2D eigenvalue weighted by Gasteiger charge is 2.44. The van der Waals surface area contributed by atoms with Gasteiger partial charge in [-0.2, -0.15) is 0 Å². The largest absolute Gasteiger partial charge is 0.490 e. The number of carbonyl (C=O) groups excluding carboxylic acids is 1. The molecule has 0 radical (unpaired) electrons. The van der Waals surface area contributed by atoms with Crippen LogP contribution < -0.4 is 14.4 Å². The van der Waals surface area contributed by atoms with E-state index in [-0.39, 0.29) is 22.8 Å². The lowest BCUT2D eigenvalue weighted by Crippen LogP contribution is -2.49. The molecule has 5 atom stereocenters. The van der Waals surface area contributed by atoms with Crippen LogP contribution in [0.2, 0.25) is 5.02 Å². The molecule has 2 N–H and O–H groups in total. The lowest BCUT2D eigenvalue weighted by atomic mass is 9.68. The molecular formula is C30H35ClN2O5S. The highest BCUT2D eigenvalue weighted by Crippen LogP contribution is 2.46. The van der Waals surface area contributed by atoms with Gasteiger partial charge in [-0.15, -0.1) is 0 Å². The number of sulfonamides is 1. The fourth-order valence-corrected chi connectivity index (χ4v) is 7.91. The maximum atomic E-state index is 13.1. The van der Waals surface area contributed by atoms with Crippen molar-refractivity contribution in [2.24, 2.45) is 11.8 Å². The van der Waals surface area contributed by atoms with Crippen LogP contribution in [0.5, 0.6) is 5.75 Å². The number of benzene rings is 2. The molecule has 208 valence electrons. The second-order valence-corrected chi connectivity index (χ2v) is 14.2. The molecule has 9 heteroatoms. The van der Waals surface area contributed by atoms with Crippen LogP contribution in [0.15, 0.2) is 48.6 Å². The SMILES string of the molecule is C[C@H]1/C=C\C[C@H](O)[C@@H]2CC[C@H]2CN2C[C@@]3(CCCc4cc(Cl)ccc43)COc3ccc(cc32)C(=O)NS1(=O)=O. The Hall–Kier alpha value is -2.55. The summed E-state index contributed by atoms with van der Waals surface area (Å²) in [5.41, 5.74) is 3.33. The van der Waals surface area contributed by atoms with Gasteiger partial charge in [0.05, 0.1) is 23.6 Å². The van der Waals surface area contributed by atoms with Crippen LogP contribution >= 0.6 is 11.6 Å². The van der Waals surface area contributed by atoms with Crippen molar-refractivity contribution in [2.75, 3.05) is 24.6 Å². The normalized spacial score (nSPS) is 32.7. The number of aliphatic hydroxyl groups is 1. The molecule has 2 aliphatic carbocycles. The number of carbonyl (C=O) groups is 1. The van der Waals surface area contributed by atoms with E-state index in [4.69, 9.17) is 16.3 Å². The van der Waals surface area contributed by atoms with Gasteiger partial charge in [0.2, 0.25) is 10.0 Å². The molecule has 0 saturated heterocycles. The summed E-state index contributed by atoms with van der Waals surface area (Å²) in [6.45, 7) is 3.47. The van der Waals surface area contributed by atoms with Crippen molar-refractivity contribution < 1.29 is 23.1 Å². The summed E-state index contributed by atoms with van der Waals surface area (Å²) in [5, 5.41) is 10.8. The first-order valence-electron chi connectivity index (χ1n) is 13.9. The Bertz CT molecular complexity index is 1430. The number of amides is 1. The minimum Gasteiger partial charge on any atom is -0.490 e. The van der Waals surface area contributed by atoms with Crippen molar-refractivity contribution in [2.45, 2.75) is 62.2 Å². The highest BCUT2D eigenvalue weighted by molar-refractivity contribution is 7.90. The number of aliphatic hydroxyl groups excluding tert-OH is 1. The second-order valence-electron chi connectivity index (χ2n) is 11.7. The summed E-state index contributed by atoms with van der Waals surface area (Å²) < 4.78 is 34.4. The van der Waals surface area contributed by atoms with Crippen molar-refractivity contribution in [3.8, 4) is 5.75 Å². The summed E-state index contributed by atoms with van der Waals surface area (Å²) in [6, 6.07) is 11.3. The van der Waals surface area contributed by atoms with Crippen LogP contribution in [0, 0.1) is 11.8 Å². The number of anilines is 1. The molecule has 2 aromatic carbocycles. The number of nitrogens with one attached hydrogen (secondary N) is 1. The molecule has 1 saturated carbocycles. The Morgan fingerprint density at radius 2 is 2.03 bits per heavy atom. The molecule has 1 amide bonds. The van der Waals surface area contributed by atoms with Crippen molar-refractivity contribution in [1.82, 2.24) is 4.72 Å². The maximum Gasteiger partial charge on any atom is 0.264 e. The monoisotopic (exact) mass is 570 g/mol. The molecule has 39 heavy (non-hydrogen) atoms. The molecule has 2 aromatic rings. The molecule has 6 rings (SSSR count). The van der Waals surface area contributed by atoms with Crippen molar-refractivity contribution >= 4 is 33.2 Å². The molecule has 1 spiro atoms. The lowest BCUT2D eigenvalue weighted by Gasteiger charge is -2.45. The third-order valence-electron chi connectivity index (χ3n) is 9.23. The first kappa shape index (κ1) is 26.7. The number of ether oxygens (including phenoxy) is 1. The van der Waals surface area contributed by atoms with Crippen molar-refractivity contribution in [3.63, 3.8) is 0 Å². The van der Waals surface area contributed by atoms with Gasteiger partial charge in [-0.3, -0.25) is 4.79 Å². The zero-order chi connectivity index (χ0) is 27.4. The fraction of sp³-hybridized carbons (Fsp3) is 0.500. The van der Waals surface area contributed by atoms with E-state index < -0.39 is 27.3 Å². The van der Waals surface area contributed by atoms with E-state index in [0.717, 1.165) is 49.4 Å². The Labute approximate surface area is 235 Å². The number of hydrogen-bond acceptors (Lipinski definition) is 6. The fourth-order valence-electron chi connectivity index (χ4n) is 6.84. The molecule has 0 aromatic heterocycles. The van der Waals surface area contributed by atoms with Gasteiger partial charge in [0, 0.05) is 29.1 Å². The zero-order valence-corrected chi connectivity index (χ0v) is 23.7. The quantitative estimate of drug-likeness (QED) is 0.449. The summed E-state index contributed by atoms with van der Waals surface area (Å²) in [7, 11) is -3.93. The third kappa shape index (κ3) is 4.96. The molecule has 2 aliphatic heterocycles. The first-order chi connectivity index (χ1) is 18.6. The van der Waals surface area contributed by atoms with Crippen LogP contribution in [-0.4, -0.2) is 50.5 Å². The van der Waals surface area contributed by atoms with E-state index in [1.165, 1.54) is 18.1 Å². The van der Waals surface area contributed by atoms with Gasteiger partial charge in [-0.05, 0) is 98.7 Å². The average Bonchev–Trinajstić information content (AvgIpc) is 3.02. The van der Waals surface area contributed by atoms with Crippen LogP contribution in [0.25, 0.3) is 0 Å². The van der Waals surface area contributed by atoms with Gasteiger partial charge < -0.3 is 14.7 Å². The van der Waals surface area contributed by atoms with Crippen LogP contribution in [-0.2, 0) is 21.9 Å². The summed E-state index contributed by atoms with van der Waals surface area (Å²) in [5.74, 6) is 0.443. The topological polar surface area (TPSA) is 95.9 Å². The minimum absolute atomic E-state index is 0.135. The number of fused-ring (bicyclic) bond motifs is 4. The van der Waals surface area contributed by atoms with E-state index in [1.54, 1.807) is 30.4 Å². The highest BCUT2D eigenvalue weighted by atomic mass is 35.5. The zero-order valence-electron chi connectivity index (χ0n) is 22.1. The van der Waals surface area contributed by atoms with Crippen LogP contribution in [0.1, 0.15) is 60.5 Å². The summed E-state index contributed by atoms with van der Waals surface area (Å²) in [4.78, 5) is 15.4. The van der Waals surface area contributed by atoms with Crippen LogP contribution in [0.3, 0.4) is 0 Å². The number of hydrogen-bond donors (Lipinski definition) is 2. The Morgan fingerprint density at radius 1 is 1.18 bits per heavy atom. The van der Waals surface area contributed by atoms with Gasteiger partial charge in [0.1, 0.15) is 5.75 Å². The van der Waals surface area contributed by atoms with Gasteiger partial charge in [-0.25, -0.2) is 13.1 Å². The number of aryl methyl sites for hydroxylation is 1. The molecule has 2 bridgehead atoms. The van der Waals surface area contributed by atoms with Crippen LogP contribution in [0.4, 0.5) is 5.69 Å². The van der Waals surface area contributed by atoms with Gasteiger partial charge >= 0.3 is 0 Å². The van der Waals surface area contributed by atoms with E-state index in [2.05, 4.69) is 21.8 Å². The number of nitrogens with zero attached hydrogens (tertiary/aromatic N) is 1. The average molecular weight is 571 g/mol. The standard InChI is InChI=1S/C30H35ClN2O5S/c1-19-4-2-6-27(34)24-10-7-22(24)16-33-17-30(13-3-5-20-14-23(31)9-11-25(20)30)18-38-28-12-8-21(15-26(28)33)29(35)32-39(19,36)37/h2,4,8-9,11-12,14-15,19,22,24,27,34H,3,5-7,10,13,16-18H2,1H3,(H,32,35)/b4-2-/t19-,22-,24+,27-,30-/m0/s1. The van der Waals surface area contributed by atoms with Gasteiger partial charge in [-0.1, -0.05) is 29.8 Å². The first-order valence-corrected chi connectivity index (χ1v) is 15.8. The molecule has 7 nitrogen and oxygen atoms in total. The van der Waals surface area contributed by atoms with Crippen molar-refractivity contribution in [1.29, 1.82) is 0 Å². The van der Waals surface area contributed by atoms with Gasteiger partial charge in [0.25, 0.3) is 5.91 Å². The smallest absolute Gasteiger partial charge is 0.264 e. The molecular weight excluding hydrogens is 536 g/mol. The molecule has 0 unspecified atom stereocenters. The molecule has 4 aliphatic rings. The van der Waals surface area contributed by atoms with E-state index in [9.17, 15) is 18.3 Å². The predicted octanol–water partition coefficient (Wildman–Crippen LogP) is 4.61. The number of rotatable bonds is 0. The van der Waals surface area contributed by atoms with Crippen molar-refractivity contribution in [3.05, 3.63) is 70.3 Å². The maximum absolute atomic E-state index is 13.1. The minimum atomic E-state index is -3.93. The van der Waals surface area contributed by atoms with E-state index >= 15 is 0 Å². The summed E-state index contributed by atoms with van der Waals surface area (Å²) >= 11 is 6.36. The Kier molecular flexibility index (Phi) is 6.92. The summed E-state index contributed by atoms with van der Waals surface area (Å²) in [6.07, 6.45) is 8.05. The lowest BCUT2D eigenvalue weighted by molar-refractivity contribution is 0.0177. The van der Waals surface area contributed by atoms with E-state index in [0.29, 0.717) is 25.3 Å². The predicted molar refractivity (Wildman–Crippen MR) is 152 cm³/mol. The molecule has 1 fully saturated rings. The van der Waals surface area contributed by atoms with Gasteiger partial charge in [0.15, 0.2) is 0 Å². The Balaban J connectivity index is 1.43.